The lowest BCUT2D eigenvalue weighted by Gasteiger charge is -2.35. The molecule has 1 fully saturated rings. The van der Waals surface area contributed by atoms with Crippen molar-refractivity contribution in [1.29, 1.82) is 0 Å². The third-order valence-electron chi connectivity index (χ3n) is 3.46. The second kappa shape index (κ2) is 4.84. The van der Waals surface area contributed by atoms with Gasteiger partial charge in [0.2, 0.25) is 0 Å². The largest absolute Gasteiger partial charge is 0.496 e. The van der Waals surface area contributed by atoms with Crippen LogP contribution in [-0.4, -0.2) is 27.4 Å². The number of hydrogen-bond acceptors (Lipinski definition) is 4. The van der Waals surface area contributed by atoms with E-state index in [0.29, 0.717) is 11.7 Å². The summed E-state index contributed by atoms with van der Waals surface area (Å²) in [6.45, 7) is 0. The molecule has 0 amide bonds. The summed E-state index contributed by atoms with van der Waals surface area (Å²) in [5, 5.41) is 0. The Morgan fingerprint density at radius 1 is 0.941 bits per heavy atom. The van der Waals surface area contributed by atoms with E-state index in [2.05, 4.69) is 0 Å². The first-order chi connectivity index (χ1) is 8.21. The van der Waals surface area contributed by atoms with Crippen LogP contribution in [0.5, 0.6) is 17.2 Å². The van der Waals surface area contributed by atoms with E-state index in [0.717, 1.165) is 29.9 Å². The molecule has 0 spiro atoms. The first-order valence-electron chi connectivity index (χ1n) is 5.76. The van der Waals surface area contributed by atoms with Crippen LogP contribution in [0.4, 0.5) is 0 Å². The third-order valence-corrected chi connectivity index (χ3v) is 3.46. The highest BCUT2D eigenvalue weighted by atomic mass is 16.5. The second-order valence-electron chi connectivity index (χ2n) is 4.30. The molecule has 0 saturated heterocycles. The zero-order chi connectivity index (χ0) is 12.4. The standard InChI is InChI=1S/C13H19NO3/c1-15-11-7-13(17-3)12(16-2)6-9(11)8-4-5-10(8)14/h6-8,10H,4-5,14H2,1-3H3/t8-,10-/m1/s1. The summed E-state index contributed by atoms with van der Waals surface area (Å²) in [4.78, 5) is 0. The molecular formula is C13H19NO3. The van der Waals surface area contributed by atoms with Crippen LogP contribution in [0.1, 0.15) is 24.3 Å². The Balaban J connectivity index is 2.42. The van der Waals surface area contributed by atoms with Gasteiger partial charge in [-0.1, -0.05) is 0 Å². The Labute approximate surface area is 102 Å². The van der Waals surface area contributed by atoms with Gasteiger partial charge < -0.3 is 19.9 Å². The van der Waals surface area contributed by atoms with Crippen LogP contribution in [0, 0.1) is 0 Å². The van der Waals surface area contributed by atoms with Crippen LogP contribution in [0.15, 0.2) is 12.1 Å². The van der Waals surface area contributed by atoms with Gasteiger partial charge in [0, 0.05) is 23.6 Å². The summed E-state index contributed by atoms with van der Waals surface area (Å²) in [5.74, 6) is 2.59. The Morgan fingerprint density at radius 2 is 1.53 bits per heavy atom. The highest BCUT2D eigenvalue weighted by Gasteiger charge is 2.32. The van der Waals surface area contributed by atoms with Gasteiger partial charge in [0.15, 0.2) is 11.5 Å². The van der Waals surface area contributed by atoms with Gasteiger partial charge in [-0.15, -0.1) is 0 Å². The van der Waals surface area contributed by atoms with Crippen molar-refractivity contribution >= 4 is 0 Å². The van der Waals surface area contributed by atoms with E-state index >= 15 is 0 Å². The summed E-state index contributed by atoms with van der Waals surface area (Å²) in [7, 11) is 4.91. The van der Waals surface area contributed by atoms with E-state index in [1.165, 1.54) is 0 Å². The van der Waals surface area contributed by atoms with Crippen molar-refractivity contribution in [3.63, 3.8) is 0 Å². The topological polar surface area (TPSA) is 53.7 Å². The van der Waals surface area contributed by atoms with Crippen molar-refractivity contribution in [2.24, 2.45) is 5.73 Å². The molecule has 0 aromatic heterocycles. The molecule has 2 atom stereocenters. The lowest BCUT2D eigenvalue weighted by Crippen LogP contribution is -2.37. The number of ether oxygens (including phenoxy) is 3. The van der Waals surface area contributed by atoms with Crippen molar-refractivity contribution in [1.82, 2.24) is 0 Å². The molecule has 94 valence electrons. The molecule has 2 N–H and O–H groups in total. The highest BCUT2D eigenvalue weighted by molar-refractivity contribution is 5.52. The summed E-state index contributed by atoms with van der Waals surface area (Å²) in [6, 6.07) is 4.06. The molecule has 1 aromatic carbocycles. The molecule has 1 saturated carbocycles. The zero-order valence-corrected chi connectivity index (χ0v) is 10.5. The maximum absolute atomic E-state index is 6.01. The fourth-order valence-corrected chi connectivity index (χ4v) is 2.25. The van der Waals surface area contributed by atoms with Gasteiger partial charge in [0.25, 0.3) is 0 Å². The molecule has 1 aliphatic rings. The molecule has 4 nitrogen and oxygen atoms in total. The number of methoxy groups -OCH3 is 3. The van der Waals surface area contributed by atoms with Gasteiger partial charge in [0.05, 0.1) is 21.3 Å². The number of benzene rings is 1. The molecule has 4 heteroatoms. The lowest BCUT2D eigenvalue weighted by atomic mass is 9.75. The summed E-state index contributed by atoms with van der Waals surface area (Å²) < 4.78 is 16.0. The van der Waals surface area contributed by atoms with E-state index in [9.17, 15) is 0 Å². The summed E-state index contributed by atoms with van der Waals surface area (Å²) >= 11 is 0. The molecule has 0 unspecified atom stereocenters. The lowest BCUT2D eigenvalue weighted by molar-refractivity contribution is 0.318. The number of nitrogens with two attached hydrogens (primary N) is 1. The smallest absolute Gasteiger partial charge is 0.164 e. The first kappa shape index (κ1) is 12.0. The van der Waals surface area contributed by atoms with Gasteiger partial charge in [0.1, 0.15) is 5.75 Å². The Kier molecular flexibility index (Phi) is 3.43. The molecule has 0 bridgehead atoms. The molecule has 0 heterocycles. The van der Waals surface area contributed by atoms with E-state index < -0.39 is 0 Å². The molecule has 1 aliphatic carbocycles. The molecule has 1 aromatic rings. The van der Waals surface area contributed by atoms with E-state index in [1.54, 1.807) is 21.3 Å². The van der Waals surface area contributed by atoms with Gasteiger partial charge in [-0.3, -0.25) is 0 Å². The minimum Gasteiger partial charge on any atom is -0.496 e. The Bertz CT molecular complexity index is 406. The van der Waals surface area contributed by atoms with Crippen molar-refractivity contribution in [2.75, 3.05) is 21.3 Å². The van der Waals surface area contributed by atoms with Crippen LogP contribution >= 0.6 is 0 Å². The summed E-state index contributed by atoms with van der Waals surface area (Å²) in [5.41, 5.74) is 7.13. The average molecular weight is 237 g/mol. The third kappa shape index (κ3) is 2.05. The molecular weight excluding hydrogens is 218 g/mol. The maximum atomic E-state index is 6.01. The minimum absolute atomic E-state index is 0.224. The summed E-state index contributed by atoms with van der Waals surface area (Å²) in [6.07, 6.45) is 2.18. The normalized spacial score (nSPS) is 22.8. The van der Waals surface area contributed by atoms with E-state index in [4.69, 9.17) is 19.9 Å². The molecule has 2 rings (SSSR count). The monoisotopic (exact) mass is 237 g/mol. The fraction of sp³-hybridized carbons (Fsp3) is 0.538. The van der Waals surface area contributed by atoms with Crippen LogP contribution in [-0.2, 0) is 0 Å². The van der Waals surface area contributed by atoms with Gasteiger partial charge >= 0.3 is 0 Å². The van der Waals surface area contributed by atoms with Crippen LogP contribution in [0.3, 0.4) is 0 Å². The highest BCUT2D eigenvalue weighted by Crippen LogP contribution is 2.44. The van der Waals surface area contributed by atoms with Gasteiger partial charge in [-0.25, -0.2) is 0 Å². The molecule has 17 heavy (non-hydrogen) atoms. The predicted octanol–water partition coefficient (Wildman–Crippen LogP) is 1.92. The van der Waals surface area contributed by atoms with Crippen molar-refractivity contribution < 1.29 is 14.2 Å². The number of rotatable bonds is 4. The van der Waals surface area contributed by atoms with Crippen molar-refractivity contribution in [3.05, 3.63) is 17.7 Å². The SMILES string of the molecule is COc1cc(OC)c([C@H]2CC[C@H]2N)cc1OC. The van der Waals surface area contributed by atoms with Crippen LogP contribution < -0.4 is 19.9 Å². The second-order valence-corrected chi connectivity index (χ2v) is 4.30. The van der Waals surface area contributed by atoms with Gasteiger partial charge in [-0.2, -0.15) is 0 Å². The number of hydrogen-bond donors (Lipinski definition) is 1. The Morgan fingerprint density at radius 3 is 1.94 bits per heavy atom. The van der Waals surface area contributed by atoms with Crippen LogP contribution in [0.25, 0.3) is 0 Å². The quantitative estimate of drug-likeness (QED) is 0.869. The minimum atomic E-state index is 0.224. The first-order valence-corrected chi connectivity index (χ1v) is 5.76. The van der Waals surface area contributed by atoms with Crippen molar-refractivity contribution in [2.45, 2.75) is 24.8 Å². The Hall–Kier alpha value is -1.42. The van der Waals surface area contributed by atoms with Gasteiger partial charge in [-0.05, 0) is 18.9 Å². The van der Waals surface area contributed by atoms with E-state index in [1.807, 2.05) is 12.1 Å². The van der Waals surface area contributed by atoms with Crippen molar-refractivity contribution in [3.8, 4) is 17.2 Å². The molecule has 0 aliphatic heterocycles. The predicted molar refractivity (Wildman–Crippen MR) is 66.0 cm³/mol. The van der Waals surface area contributed by atoms with E-state index in [-0.39, 0.29) is 6.04 Å². The van der Waals surface area contributed by atoms with Crippen LogP contribution in [0.2, 0.25) is 0 Å². The molecule has 0 radical (unpaired) electrons. The maximum Gasteiger partial charge on any atom is 0.164 e. The fourth-order valence-electron chi connectivity index (χ4n) is 2.25. The zero-order valence-electron chi connectivity index (χ0n) is 10.5. The average Bonchev–Trinajstić information content (AvgIpc) is 2.36.